The molecule has 0 amide bonds. The molecule has 0 spiro atoms. The number of nitrogens with one attached hydrogen (secondary N) is 8. The molecule has 37 nitrogen and oxygen atoms in total. The summed E-state index contributed by atoms with van der Waals surface area (Å²) >= 11 is 3.38. The first-order chi connectivity index (χ1) is 71.8. The third-order valence-corrected chi connectivity index (χ3v) is 28.2. The molecule has 0 saturated heterocycles. The van der Waals surface area contributed by atoms with Crippen LogP contribution in [0, 0.1) is 34.6 Å². The smallest absolute Gasteiger partial charge is 0.262 e. The highest BCUT2D eigenvalue weighted by atomic mass is 32.1. The molecule has 0 radical (unpaired) electrons. The predicted octanol–water partition coefficient (Wildman–Crippen LogP) is 15.8. The lowest BCUT2D eigenvalue weighted by atomic mass is 10.0. The number of H-pyrrole nitrogens is 8. The van der Waals surface area contributed by atoms with Crippen molar-refractivity contribution in [3.63, 3.8) is 0 Å². The third-order valence-electron chi connectivity index (χ3n) is 26.6. The van der Waals surface area contributed by atoms with Crippen LogP contribution in [0.1, 0.15) is 72.7 Å². The second-order valence-electron chi connectivity index (χ2n) is 35.9. The number of rotatable bonds is 27. The van der Waals surface area contributed by atoms with Gasteiger partial charge in [0.2, 0.25) is 0 Å². The highest BCUT2D eigenvalue weighted by Crippen LogP contribution is 2.38. The maximum absolute atomic E-state index is 13.2. The molecule has 147 heavy (non-hydrogen) atoms. The lowest BCUT2D eigenvalue weighted by molar-refractivity contribution is 0.201. The number of nitrogens with zero attached hydrogens (tertiary/aromatic N) is 14. The number of furan rings is 2. The van der Waals surface area contributed by atoms with Crippen LogP contribution in [-0.2, 0) is 50.4 Å². The molecule has 39 heteroatoms. The SMILES string of the molecule is COCCc1[nH]nc2c1c(=O)n(CCCN)c1ccc(-c3ccoc3)cc21.Cc1[nH]nc2c1c(=O)n(CCCN)c1ccc(-c3ccco3)cc21.Cc1[nH]nc2c1c(=O)n(CCCN)c1ccc(-c3cccs3)cc21.Cc1[nH]nc2c1c(=O)n(CCCN)c1ccc(-c3ccsc3)cc21.Cc1[nH]nc2c1c(=O)n(CCCN)c1ccc(-c3cnc[nH]3)cc21.Cc1[nH]nc2c1c(=O)n(CCCN)c1ccc(-c3ncc[nH]3)cc21. The van der Waals surface area contributed by atoms with Gasteiger partial charge < -0.3 is 85.3 Å². The van der Waals surface area contributed by atoms with Crippen molar-refractivity contribution >= 4 is 154 Å². The monoisotopic (exact) mass is 2010 g/mol. The van der Waals surface area contributed by atoms with Crippen LogP contribution in [0.4, 0.5) is 0 Å². The maximum Gasteiger partial charge on any atom is 0.262 e. The van der Waals surface area contributed by atoms with Crippen molar-refractivity contribution in [1.29, 1.82) is 0 Å². The van der Waals surface area contributed by atoms with Crippen molar-refractivity contribution in [3.05, 3.63) is 302 Å². The van der Waals surface area contributed by atoms with Crippen molar-refractivity contribution in [3.8, 4) is 66.7 Å². The minimum Gasteiger partial charge on any atom is -0.472 e. The van der Waals surface area contributed by atoms with Gasteiger partial charge in [-0.25, -0.2) is 9.97 Å². The number of methoxy groups -OCH3 is 1. The van der Waals surface area contributed by atoms with Gasteiger partial charge in [0.1, 0.15) is 44.7 Å². The standard InChI is InChI=1S/C20H22N4O3.C18H18N4O2.2C18H18N4OS.2C17H18N6O/c1-26-9-6-16-18-19(23-22-16)15-11-13(14-5-10-27-12-14)3-4-17(15)24(20(18)25)8-2-7-21;1-11-16-17(21-20-11)13-10-12(15-4-2-9-24-15)5-6-14(13)22(18(16)23)8-3-7-19;1-11-16-17(21-20-11)14-9-12(13-5-8-24-10-13)3-4-15(14)22(18(16)23)7-2-6-19;1-11-16-17(21-20-11)13-10-12(15-4-2-9-24-15)5-6-14(13)22(18(16)23)8-3-7-19;1-10-14-15(22-21-10)12-9-11(16-19-6-7-20-16)3-4-13(12)23(17(14)24)8-2-5-18;1-10-15-16(22-21-10)12-7-11(13-8-19-9-20-13)3-4-14(12)23(17(15)24)6-2-5-18/h3-5,10-12H,2,6-9,21H2,1H3,(H,22,23);2,4-6,9-10H,3,7-8,19H2,1H3,(H,20,21);3-5,8-10H,2,6-7,19H2,1H3,(H,20,21);2,4-6,9-10H,3,7-8,19H2,1H3,(H,20,21);3-4,6-7,9H,2,5,8,18H2,1H3,(H,19,20)(H,21,22);3-4,7-9H,2,5-6,18H2,1H3,(H,19,20)(H,21,22). The second-order valence-corrected chi connectivity index (χ2v) is 37.6. The van der Waals surface area contributed by atoms with E-state index in [1.165, 1.54) is 10.4 Å². The zero-order valence-electron chi connectivity index (χ0n) is 82.0. The first-order valence-electron chi connectivity index (χ1n) is 48.7. The van der Waals surface area contributed by atoms with E-state index in [1.54, 1.807) is 91.8 Å². The van der Waals surface area contributed by atoms with Crippen LogP contribution in [-0.4, -0.2) is 162 Å². The number of benzene rings is 6. The van der Waals surface area contributed by atoms with E-state index in [0.717, 1.165) is 205 Å². The van der Waals surface area contributed by atoms with E-state index in [0.29, 0.717) is 146 Å². The summed E-state index contributed by atoms with van der Waals surface area (Å²) in [6, 6.07) is 48.2. The number of aryl methyl sites for hydroxylation is 11. The first kappa shape index (κ1) is 99.2. The van der Waals surface area contributed by atoms with Crippen LogP contribution < -0.4 is 67.8 Å². The number of pyridine rings is 6. The fourth-order valence-corrected chi connectivity index (χ4v) is 20.6. The lowest BCUT2D eigenvalue weighted by Gasteiger charge is -2.12. The molecule has 0 aliphatic carbocycles. The molecule has 0 aliphatic rings. The van der Waals surface area contributed by atoms with Crippen molar-refractivity contribution < 1.29 is 13.6 Å². The van der Waals surface area contributed by atoms with Crippen LogP contribution in [0.15, 0.2) is 243 Å². The zero-order valence-corrected chi connectivity index (χ0v) is 83.6. The number of nitrogens with two attached hydrogens (primary N) is 6. The van der Waals surface area contributed by atoms with E-state index >= 15 is 0 Å². The molecule has 20 N–H and O–H groups in total. The van der Waals surface area contributed by atoms with Crippen molar-refractivity contribution in [1.82, 2.24) is 109 Å². The number of imidazole rings is 2. The van der Waals surface area contributed by atoms with Gasteiger partial charge in [-0.2, -0.15) is 41.9 Å². The first-order valence-corrected chi connectivity index (χ1v) is 50.5. The van der Waals surface area contributed by atoms with Crippen LogP contribution >= 0.6 is 22.7 Å². The Hall–Kier alpha value is -16.5. The molecule has 6 aromatic carbocycles. The van der Waals surface area contributed by atoms with Crippen LogP contribution in [0.5, 0.6) is 0 Å². The van der Waals surface area contributed by atoms with E-state index < -0.39 is 0 Å². The molecular weight excluding hydrogens is 1900 g/mol. The average Bonchev–Trinajstić information content (AvgIpc) is 1.66. The molecule has 0 saturated carbocycles. The molecule has 0 fully saturated rings. The minimum absolute atomic E-state index is 0.000448. The Labute approximate surface area is 845 Å². The number of hydrogen-bond acceptors (Lipinski definition) is 25. The summed E-state index contributed by atoms with van der Waals surface area (Å²) in [5.74, 6) is 1.58. The van der Waals surface area contributed by atoms with Gasteiger partial charge in [-0.3, -0.25) is 59.4 Å². The summed E-state index contributed by atoms with van der Waals surface area (Å²) in [7, 11) is 1.64. The Morgan fingerprint density at radius 1 is 0.374 bits per heavy atom. The number of aromatic nitrogens is 22. The number of hydrogen-bond donors (Lipinski definition) is 14. The number of fused-ring (bicyclic) bond motifs is 18. The molecule has 0 atom stereocenters. The van der Waals surface area contributed by atoms with Gasteiger partial charge in [-0.1, -0.05) is 30.3 Å². The van der Waals surface area contributed by atoms with Gasteiger partial charge in [0.25, 0.3) is 33.4 Å². The van der Waals surface area contributed by atoms with Gasteiger partial charge in [0, 0.05) is 153 Å². The molecule has 0 bridgehead atoms. The van der Waals surface area contributed by atoms with Crippen molar-refractivity contribution in [2.75, 3.05) is 53.0 Å². The van der Waals surface area contributed by atoms with Crippen molar-refractivity contribution in [2.45, 2.75) is 119 Å². The fourth-order valence-electron chi connectivity index (χ4n) is 19.2. The quantitative estimate of drug-likeness (QED) is 0.0227. The van der Waals surface area contributed by atoms with Crippen LogP contribution in [0.3, 0.4) is 0 Å². The normalized spacial score (nSPS) is 11.6. The third kappa shape index (κ3) is 19.4. The molecule has 18 heterocycles. The molecular formula is C108H112N28O9S2. The van der Waals surface area contributed by atoms with E-state index in [-0.39, 0.29) is 33.4 Å². The van der Waals surface area contributed by atoms with Gasteiger partial charge in [-0.15, -0.1) is 11.3 Å². The highest BCUT2D eigenvalue weighted by molar-refractivity contribution is 7.13. The molecule has 0 aliphatic heterocycles. The molecule has 24 rings (SSSR count). The van der Waals surface area contributed by atoms with E-state index in [2.05, 4.69) is 140 Å². The second kappa shape index (κ2) is 44.0. The number of aromatic amines is 8. The van der Waals surface area contributed by atoms with Crippen LogP contribution in [0.25, 0.3) is 197 Å². The van der Waals surface area contributed by atoms with Gasteiger partial charge in [-0.05, 0) is 266 Å². The van der Waals surface area contributed by atoms with E-state index in [9.17, 15) is 28.8 Å². The molecule has 24 aromatic rings. The van der Waals surface area contributed by atoms with E-state index in [1.807, 2.05) is 147 Å². The number of thiophene rings is 2. The van der Waals surface area contributed by atoms with E-state index in [4.69, 9.17) is 48.0 Å². The summed E-state index contributed by atoms with van der Waals surface area (Å²) in [5.41, 5.74) is 57.4. The largest absolute Gasteiger partial charge is 0.472 e. The Bertz CT molecular complexity index is 8230. The summed E-state index contributed by atoms with van der Waals surface area (Å²) in [4.78, 5) is 93.5. The average molecular weight is 2010 g/mol. The Morgan fingerprint density at radius 3 is 1.12 bits per heavy atom. The molecule has 0 unspecified atom stereocenters. The molecule has 750 valence electrons. The van der Waals surface area contributed by atoms with Crippen molar-refractivity contribution in [2.24, 2.45) is 34.4 Å². The summed E-state index contributed by atoms with van der Waals surface area (Å²) in [6.45, 7) is 16.8. The minimum atomic E-state index is -0.0399. The van der Waals surface area contributed by atoms with Crippen LogP contribution in [0.2, 0.25) is 0 Å². The topological polar surface area (TPSA) is 553 Å². The summed E-state index contributed by atoms with van der Waals surface area (Å²) < 4.78 is 26.7. The van der Waals surface area contributed by atoms with Gasteiger partial charge >= 0.3 is 0 Å². The highest BCUT2D eigenvalue weighted by Gasteiger charge is 2.26. The Balaban J connectivity index is 0.000000111. The summed E-state index contributed by atoms with van der Waals surface area (Å²) in [5, 5.41) is 59.9. The zero-order chi connectivity index (χ0) is 102. The Morgan fingerprint density at radius 2 is 0.755 bits per heavy atom. The predicted molar refractivity (Wildman–Crippen MR) is 586 cm³/mol. The molecule has 18 aromatic heterocycles. The fraction of sp³-hybridized carbons (Fsp3) is 0.241. The van der Waals surface area contributed by atoms with Gasteiger partial charge in [0.15, 0.2) is 0 Å². The lowest BCUT2D eigenvalue weighted by Crippen LogP contribution is -2.23. The van der Waals surface area contributed by atoms with Gasteiger partial charge in [0.05, 0.1) is 115 Å². The Kier molecular flexibility index (Phi) is 29.7. The maximum atomic E-state index is 13.2. The number of ether oxygens (including phenoxy) is 1. The summed E-state index contributed by atoms with van der Waals surface area (Å²) in [6.07, 6.45) is 17.0.